The van der Waals surface area contributed by atoms with Crippen LogP contribution in [-0.4, -0.2) is 32.9 Å². The van der Waals surface area contributed by atoms with Gasteiger partial charge in [0.25, 0.3) is 5.56 Å². The summed E-state index contributed by atoms with van der Waals surface area (Å²) in [4.78, 5) is 24.6. The molecule has 0 aliphatic rings. The van der Waals surface area contributed by atoms with E-state index >= 15 is 0 Å². The van der Waals surface area contributed by atoms with E-state index in [1.165, 1.54) is 11.8 Å². The van der Waals surface area contributed by atoms with E-state index in [9.17, 15) is 4.79 Å². The topological polar surface area (TPSA) is 72.8 Å². The van der Waals surface area contributed by atoms with Gasteiger partial charge in [-0.05, 0) is 42.5 Å². The number of benzene rings is 1. The number of pyridine rings is 1. The predicted molar refractivity (Wildman–Crippen MR) is 104 cm³/mol. The average molecular weight is 366 g/mol. The second kappa shape index (κ2) is 6.84. The SMILES string of the molecule is COc1ccc2[nH]cc(CCn3ccc4nc(SC)ncc4c3=O)c2c1. The van der Waals surface area contributed by atoms with Crippen molar-refractivity contribution in [1.82, 2.24) is 19.5 Å². The van der Waals surface area contributed by atoms with Crippen LogP contribution in [0, 0.1) is 0 Å². The smallest absolute Gasteiger partial charge is 0.261 e. The number of hydrogen-bond donors (Lipinski definition) is 1. The third-order valence-electron chi connectivity index (χ3n) is 4.48. The maximum Gasteiger partial charge on any atom is 0.261 e. The average Bonchev–Trinajstić information content (AvgIpc) is 3.09. The quantitative estimate of drug-likeness (QED) is 0.434. The maximum absolute atomic E-state index is 12.7. The Labute approximate surface area is 154 Å². The molecule has 0 radical (unpaired) electrons. The van der Waals surface area contributed by atoms with Crippen molar-refractivity contribution in [2.24, 2.45) is 0 Å². The first-order valence-corrected chi connectivity index (χ1v) is 9.46. The summed E-state index contributed by atoms with van der Waals surface area (Å²) in [6.45, 7) is 0.587. The van der Waals surface area contributed by atoms with Crippen molar-refractivity contribution in [2.75, 3.05) is 13.4 Å². The van der Waals surface area contributed by atoms with Crippen LogP contribution in [-0.2, 0) is 13.0 Å². The first kappa shape index (κ1) is 16.7. The fourth-order valence-electron chi connectivity index (χ4n) is 3.06. The molecule has 4 rings (SSSR count). The van der Waals surface area contributed by atoms with Crippen LogP contribution in [0.2, 0.25) is 0 Å². The molecule has 0 aliphatic carbocycles. The molecule has 3 aromatic heterocycles. The molecule has 6 nitrogen and oxygen atoms in total. The Morgan fingerprint density at radius 3 is 2.96 bits per heavy atom. The molecule has 7 heteroatoms. The lowest BCUT2D eigenvalue weighted by Gasteiger charge is -2.07. The molecule has 0 fully saturated rings. The minimum Gasteiger partial charge on any atom is -0.497 e. The lowest BCUT2D eigenvalue weighted by molar-refractivity contribution is 0.415. The van der Waals surface area contributed by atoms with Gasteiger partial charge in [0, 0.05) is 36.0 Å². The van der Waals surface area contributed by atoms with Crippen LogP contribution in [0.1, 0.15) is 5.56 Å². The molecule has 0 unspecified atom stereocenters. The van der Waals surface area contributed by atoms with Gasteiger partial charge < -0.3 is 14.3 Å². The molecule has 0 bridgehead atoms. The number of aryl methyl sites for hydroxylation is 2. The van der Waals surface area contributed by atoms with E-state index in [4.69, 9.17) is 4.74 Å². The van der Waals surface area contributed by atoms with E-state index in [2.05, 4.69) is 15.0 Å². The van der Waals surface area contributed by atoms with E-state index in [0.29, 0.717) is 22.6 Å². The zero-order chi connectivity index (χ0) is 18.1. The summed E-state index contributed by atoms with van der Waals surface area (Å²) in [5.41, 5.74) is 2.83. The van der Waals surface area contributed by atoms with Gasteiger partial charge in [-0.15, -0.1) is 0 Å². The van der Waals surface area contributed by atoms with Crippen molar-refractivity contribution in [2.45, 2.75) is 18.1 Å². The highest BCUT2D eigenvalue weighted by molar-refractivity contribution is 7.98. The van der Waals surface area contributed by atoms with Gasteiger partial charge in [0.05, 0.1) is 18.0 Å². The number of nitrogens with one attached hydrogen (secondary N) is 1. The Kier molecular flexibility index (Phi) is 4.38. The first-order valence-electron chi connectivity index (χ1n) is 8.24. The number of ether oxygens (including phenoxy) is 1. The standard InChI is InChI=1S/C19H18N4O2S/c1-25-13-3-4-16-14(9-13)12(10-20-16)5-7-23-8-6-17-15(18(23)24)11-21-19(22-17)26-2/h3-4,6,8-11,20H,5,7H2,1-2H3. The van der Waals surface area contributed by atoms with Gasteiger partial charge in [-0.3, -0.25) is 4.79 Å². The molecule has 0 aliphatic heterocycles. The van der Waals surface area contributed by atoms with Crippen molar-refractivity contribution in [3.05, 3.63) is 58.8 Å². The van der Waals surface area contributed by atoms with Gasteiger partial charge >= 0.3 is 0 Å². The Hall–Kier alpha value is -2.80. The third-order valence-corrected chi connectivity index (χ3v) is 5.04. The summed E-state index contributed by atoms with van der Waals surface area (Å²) in [6.07, 6.45) is 8.06. The highest BCUT2D eigenvalue weighted by atomic mass is 32.2. The van der Waals surface area contributed by atoms with E-state index in [1.54, 1.807) is 24.1 Å². The van der Waals surface area contributed by atoms with Crippen LogP contribution in [0.15, 0.2) is 52.8 Å². The molecule has 3 heterocycles. The number of methoxy groups -OCH3 is 1. The van der Waals surface area contributed by atoms with Crippen LogP contribution in [0.5, 0.6) is 5.75 Å². The second-order valence-corrected chi connectivity index (χ2v) is 6.72. The number of H-pyrrole nitrogens is 1. The number of nitrogens with zero attached hydrogens (tertiary/aromatic N) is 3. The molecule has 4 aromatic rings. The Morgan fingerprint density at radius 1 is 1.27 bits per heavy atom. The van der Waals surface area contributed by atoms with Crippen molar-refractivity contribution >= 4 is 33.6 Å². The van der Waals surface area contributed by atoms with E-state index < -0.39 is 0 Å². The van der Waals surface area contributed by atoms with Crippen LogP contribution in [0.4, 0.5) is 0 Å². The van der Waals surface area contributed by atoms with Crippen LogP contribution < -0.4 is 10.3 Å². The number of aromatic nitrogens is 4. The van der Waals surface area contributed by atoms with Crippen molar-refractivity contribution in [3.63, 3.8) is 0 Å². The van der Waals surface area contributed by atoms with Gasteiger partial charge in [0.1, 0.15) is 5.75 Å². The molecular weight excluding hydrogens is 348 g/mol. The molecule has 0 atom stereocenters. The van der Waals surface area contributed by atoms with Crippen molar-refractivity contribution in [3.8, 4) is 5.75 Å². The lowest BCUT2D eigenvalue weighted by Crippen LogP contribution is -2.21. The summed E-state index contributed by atoms with van der Waals surface area (Å²) in [7, 11) is 1.66. The molecular formula is C19H18N4O2S. The van der Waals surface area contributed by atoms with Crippen LogP contribution in [0.25, 0.3) is 21.8 Å². The zero-order valence-electron chi connectivity index (χ0n) is 14.5. The summed E-state index contributed by atoms with van der Waals surface area (Å²) >= 11 is 1.46. The number of fused-ring (bicyclic) bond motifs is 2. The Balaban J connectivity index is 1.64. The fraction of sp³-hybridized carbons (Fsp3) is 0.211. The zero-order valence-corrected chi connectivity index (χ0v) is 15.3. The molecule has 1 aromatic carbocycles. The molecule has 0 amide bonds. The van der Waals surface area contributed by atoms with Gasteiger partial charge in [-0.2, -0.15) is 0 Å². The van der Waals surface area contributed by atoms with Crippen LogP contribution >= 0.6 is 11.8 Å². The molecule has 1 N–H and O–H groups in total. The van der Waals surface area contributed by atoms with Gasteiger partial charge in [-0.25, -0.2) is 9.97 Å². The summed E-state index contributed by atoms with van der Waals surface area (Å²) in [5.74, 6) is 0.822. The van der Waals surface area contributed by atoms with Crippen molar-refractivity contribution in [1.29, 1.82) is 0 Å². The van der Waals surface area contributed by atoms with Gasteiger partial charge in [-0.1, -0.05) is 11.8 Å². The Bertz CT molecular complexity index is 1150. The van der Waals surface area contributed by atoms with Gasteiger partial charge in [0.15, 0.2) is 5.16 Å². The number of hydrogen-bond acceptors (Lipinski definition) is 5. The third kappa shape index (κ3) is 2.94. The van der Waals surface area contributed by atoms with Gasteiger partial charge in [0.2, 0.25) is 0 Å². The molecule has 26 heavy (non-hydrogen) atoms. The molecule has 0 saturated heterocycles. The van der Waals surface area contributed by atoms with E-state index in [0.717, 1.165) is 28.6 Å². The number of rotatable bonds is 5. The normalized spacial score (nSPS) is 11.3. The minimum atomic E-state index is -0.0624. The first-order chi connectivity index (χ1) is 12.7. The van der Waals surface area contributed by atoms with E-state index in [-0.39, 0.29) is 5.56 Å². The van der Waals surface area contributed by atoms with E-state index in [1.807, 2.05) is 36.7 Å². The summed E-state index contributed by atoms with van der Waals surface area (Å²) < 4.78 is 7.02. The minimum absolute atomic E-state index is 0.0624. The summed E-state index contributed by atoms with van der Waals surface area (Å²) in [6, 6.07) is 7.82. The molecule has 132 valence electrons. The summed E-state index contributed by atoms with van der Waals surface area (Å²) in [5, 5.41) is 2.33. The maximum atomic E-state index is 12.7. The predicted octanol–water partition coefficient (Wildman–Crippen LogP) is 3.25. The van der Waals surface area contributed by atoms with Crippen molar-refractivity contribution < 1.29 is 4.74 Å². The molecule has 0 saturated carbocycles. The monoisotopic (exact) mass is 366 g/mol. The number of aromatic amines is 1. The fourth-order valence-corrected chi connectivity index (χ4v) is 3.41. The Morgan fingerprint density at radius 2 is 2.15 bits per heavy atom. The highest BCUT2D eigenvalue weighted by Crippen LogP contribution is 2.24. The lowest BCUT2D eigenvalue weighted by atomic mass is 10.1. The highest BCUT2D eigenvalue weighted by Gasteiger charge is 2.09. The second-order valence-electron chi connectivity index (χ2n) is 5.95. The number of thioether (sulfide) groups is 1. The molecule has 0 spiro atoms. The largest absolute Gasteiger partial charge is 0.497 e. The van der Waals surface area contributed by atoms with Crippen LogP contribution in [0.3, 0.4) is 0 Å².